The van der Waals surface area contributed by atoms with Gasteiger partial charge >= 0.3 is 6.18 Å². The average Bonchev–Trinajstić information content (AvgIpc) is 2.82. The molecule has 1 N–H and O–H groups in total. The highest BCUT2D eigenvalue weighted by atomic mass is 35.5. The molecule has 35 heavy (non-hydrogen) atoms. The summed E-state index contributed by atoms with van der Waals surface area (Å²) in [5, 5.41) is 2.47. The molecule has 3 aromatic carbocycles. The lowest BCUT2D eigenvalue weighted by molar-refractivity contribution is -0.137. The molecule has 0 aliphatic heterocycles. The van der Waals surface area contributed by atoms with Gasteiger partial charge < -0.3 is 5.32 Å². The van der Waals surface area contributed by atoms with Crippen molar-refractivity contribution in [3.8, 4) is 0 Å². The zero-order chi connectivity index (χ0) is 25.8. The highest BCUT2D eigenvalue weighted by molar-refractivity contribution is 7.92. The van der Waals surface area contributed by atoms with Gasteiger partial charge in [0.1, 0.15) is 6.54 Å². The van der Waals surface area contributed by atoms with Crippen LogP contribution in [0.25, 0.3) is 0 Å². The van der Waals surface area contributed by atoms with Crippen molar-refractivity contribution in [1.29, 1.82) is 0 Å². The van der Waals surface area contributed by atoms with Crippen LogP contribution in [0, 0.1) is 0 Å². The number of carbonyl (C=O) groups excluding carboxylic acids is 1. The van der Waals surface area contributed by atoms with Crippen molar-refractivity contribution < 1.29 is 26.4 Å². The van der Waals surface area contributed by atoms with E-state index in [-0.39, 0.29) is 9.92 Å². The molecule has 0 fully saturated rings. The predicted octanol–water partition coefficient (Wildman–Crippen LogP) is 5.99. The molecule has 0 saturated carbocycles. The number of nitrogens with one attached hydrogen (secondary N) is 1. The van der Waals surface area contributed by atoms with E-state index < -0.39 is 45.9 Å². The molecular weight excluding hydrogens is 501 g/mol. The van der Waals surface area contributed by atoms with Crippen LogP contribution < -0.4 is 9.62 Å². The van der Waals surface area contributed by atoms with E-state index in [2.05, 4.69) is 5.32 Å². The third-order valence-corrected chi connectivity index (χ3v) is 7.52. The van der Waals surface area contributed by atoms with Gasteiger partial charge in [-0.3, -0.25) is 9.10 Å². The molecule has 1 atom stereocenters. The van der Waals surface area contributed by atoms with E-state index in [4.69, 9.17) is 11.6 Å². The van der Waals surface area contributed by atoms with Gasteiger partial charge in [0.15, 0.2) is 0 Å². The monoisotopic (exact) mass is 524 g/mol. The lowest BCUT2D eigenvalue weighted by atomic mass is 10.1. The van der Waals surface area contributed by atoms with E-state index in [1.807, 2.05) is 31.2 Å². The molecule has 5 nitrogen and oxygen atoms in total. The maximum absolute atomic E-state index is 13.4. The molecule has 0 radical (unpaired) electrons. The number of hydrogen-bond donors (Lipinski definition) is 1. The van der Waals surface area contributed by atoms with E-state index in [1.54, 1.807) is 13.0 Å². The van der Waals surface area contributed by atoms with Crippen LogP contribution in [0.2, 0.25) is 5.02 Å². The molecule has 0 spiro atoms. The maximum atomic E-state index is 13.4. The summed E-state index contributed by atoms with van der Waals surface area (Å²) >= 11 is 6.14. The molecule has 1 unspecified atom stereocenters. The van der Waals surface area contributed by atoms with E-state index in [9.17, 15) is 26.4 Å². The number of halogens is 4. The summed E-state index contributed by atoms with van der Waals surface area (Å²) in [4.78, 5) is 12.7. The fourth-order valence-corrected chi connectivity index (χ4v) is 5.16. The Bertz CT molecular complexity index is 1280. The lowest BCUT2D eigenvalue weighted by Gasteiger charge is -2.26. The fourth-order valence-electron chi connectivity index (χ4n) is 3.44. The first kappa shape index (κ1) is 26.6. The van der Waals surface area contributed by atoms with E-state index in [1.165, 1.54) is 24.3 Å². The Kier molecular flexibility index (Phi) is 8.12. The number of alkyl halides is 3. The molecule has 0 saturated heterocycles. The quantitative estimate of drug-likeness (QED) is 0.393. The van der Waals surface area contributed by atoms with Crippen LogP contribution >= 0.6 is 11.6 Å². The number of aryl methyl sites for hydroxylation is 1. The average molecular weight is 525 g/mol. The van der Waals surface area contributed by atoms with Gasteiger partial charge in [0.25, 0.3) is 10.0 Å². The summed E-state index contributed by atoms with van der Waals surface area (Å²) in [5.41, 5.74) is 0.382. The number of rotatable bonds is 8. The largest absolute Gasteiger partial charge is 0.416 e. The Labute approximate surface area is 207 Å². The Morgan fingerprint density at radius 2 is 1.66 bits per heavy atom. The van der Waals surface area contributed by atoms with Crippen molar-refractivity contribution in [2.45, 2.75) is 37.4 Å². The van der Waals surface area contributed by atoms with Crippen LogP contribution in [0.1, 0.15) is 36.6 Å². The second kappa shape index (κ2) is 10.7. The number of nitrogens with zero attached hydrogens (tertiary/aromatic N) is 1. The number of benzene rings is 3. The van der Waals surface area contributed by atoms with Crippen LogP contribution in [0.3, 0.4) is 0 Å². The van der Waals surface area contributed by atoms with Crippen molar-refractivity contribution in [1.82, 2.24) is 5.32 Å². The minimum absolute atomic E-state index is 0.190. The van der Waals surface area contributed by atoms with Crippen molar-refractivity contribution in [2.24, 2.45) is 0 Å². The molecule has 0 aromatic heterocycles. The smallest absolute Gasteiger partial charge is 0.348 e. The van der Waals surface area contributed by atoms with E-state index in [0.717, 1.165) is 29.7 Å². The summed E-state index contributed by atoms with van der Waals surface area (Å²) < 4.78 is 67.5. The number of hydrogen-bond acceptors (Lipinski definition) is 3. The third-order valence-electron chi connectivity index (χ3n) is 5.43. The van der Waals surface area contributed by atoms with Crippen LogP contribution in [-0.2, 0) is 27.4 Å². The second-order valence-electron chi connectivity index (χ2n) is 7.87. The highest BCUT2D eigenvalue weighted by Crippen LogP contribution is 2.37. The third kappa shape index (κ3) is 6.35. The van der Waals surface area contributed by atoms with Gasteiger partial charge in [-0.2, -0.15) is 13.2 Å². The van der Waals surface area contributed by atoms with Crippen LogP contribution in [-0.4, -0.2) is 20.9 Å². The number of amides is 1. The minimum atomic E-state index is -4.73. The standard InChI is InChI=1S/C25H24ClF3N2O3S/c1-3-18-9-11-19(12-10-18)17(2)30-24(32)16-31(35(33,34)21-7-5-4-6-8-21)23-15-20(25(27,28)29)13-14-22(23)26/h4-15,17H,3,16H2,1-2H3,(H,30,32). The summed E-state index contributed by atoms with van der Waals surface area (Å²) in [6.45, 7) is 2.97. The number of carbonyl (C=O) groups is 1. The predicted molar refractivity (Wildman–Crippen MR) is 130 cm³/mol. The number of anilines is 1. The summed E-state index contributed by atoms with van der Waals surface area (Å²) in [5.74, 6) is -0.704. The highest BCUT2D eigenvalue weighted by Gasteiger charge is 2.34. The molecule has 0 aliphatic rings. The molecular formula is C25H24ClF3N2O3S. The van der Waals surface area contributed by atoms with Gasteiger partial charge in [0, 0.05) is 0 Å². The van der Waals surface area contributed by atoms with Crippen molar-refractivity contribution >= 4 is 33.2 Å². The first-order valence-corrected chi connectivity index (χ1v) is 12.6. The zero-order valence-electron chi connectivity index (χ0n) is 19.0. The Balaban J connectivity index is 1.97. The molecule has 10 heteroatoms. The summed E-state index contributed by atoms with van der Waals surface area (Å²) in [7, 11) is -4.42. The first-order chi connectivity index (χ1) is 16.4. The van der Waals surface area contributed by atoms with Gasteiger partial charge in [-0.15, -0.1) is 0 Å². The van der Waals surface area contributed by atoms with Crippen molar-refractivity contribution in [3.05, 3.63) is 94.5 Å². The molecule has 3 rings (SSSR count). The lowest BCUT2D eigenvalue weighted by Crippen LogP contribution is -2.41. The molecule has 0 bridgehead atoms. The topological polar surface area (TPSA) is 66.5 Å². The van der Waals surface area contributed by atoms with E-state index >= 15 is 0 Å². The molecule has 3 aromatic rings. The van der Waals surface area contributed by atoms with E-state index in [0.29, 0.717) is 10.4 Å². The molecule has 0 aliphatic carbocycles. The van der Waals surface area contributed by atoms with Crippen molar-refractivity contribution in [3.63, 3.8) is 0 Å². The Morgan fingerprint density at radius 1 is 1.03 bits per heavy atom. The van der Waals surface area contributed by atoms with Crippen molar-refractivity contribution in [2.75, 3.05) is 10.8 Å². The minimum Gasteiger partial charge on any atom is -0.348 e. The Morgan fingerprint density at radius 3 is 2.23 bits per heavy atom. The summed E-state index contributed by atoms with van der Waals surface area (Å²) in [6, 6.07) is 16.6. The molecule has 0 heterocycles. The normalized spacial score (nSPS) is 12.7. The maximum Gasteiger partial charge on any atom is 0.416 e. The SMILES string of the molecule is CCc1ccc(C(C)NC(=O)CN(c2cc(C(F)(F)F)ccc2Cl)S(=O)(=O)c2ccccc2)cc1. The molecule has 1 amide bonds. The molecule has 186 valence electrons. The van der Waals surface area contributed by atoms with Crippen LogP contribution in [0.5, 0.6) is 0 Å². The fraction of sp³-hybridized carbons (Fsp3) is 0.240. The van der Waals surface area contributed by atoms with Gasteiger partial charge in [0.05, 0.1) is 27.2 Å². The summed E-state index contributed by atoms with van der Waals surface area (Å²) in [6.07, 6.45) is -3.88. The Hall–Kier alpha value is -3.04. The van der Waals surface area contributed by atoms with Gasteiger partial charge in [-0.1, -0.05) is 61.0 Å². The number of sulfonamides is 1. The van der Waals surface area contributed by atoms with Gasteiger partial charge in [-0.05, 0) is 54.8 Å². The second-order valence-corrected chi connectivity index (χ2v) is 10.1. The zero-order valence-corrected chi connectivity index (χ0v) is 20.6. The first-order valence-electron chi connectivity index (χ1n) is 10.8. The van der Waals surface area contributed by atoms with Gasteiger partial charge in [-0.25, -0.2) is 8.42 Å². The van der Waals surface area contributed by atoms with Crippen LogP contribution in [0.15, 0.2) is 77.7 Å². The van der Waals surface area contributed by atoms with Gasteiger partial charge in [0.2, 0.25) is 5.91 Å². The van der Waals surface area contributed by atoms with Crippen LogP contribution in [0.4, 0.5) is 18.9 Å².